The quantitative estimate of drug-likeness (QED) is 0.543. The fraction of sp³-hybridized carbons (Fsp3) is 0.500. The number of aliphatic hydroxyl groups is 2. The zero-order valence-corrected chi connectivity index (χ0v) is 10.5. The van der Waals surface area contributed by atoms with Gasteiger partial charge in [-0.25, -0.2) is 0 Å². The van der Waals surface area contributed by atoms with Crippen molar-refractivity contribution in [2.75, 3.05) is 27.4 Å². The van der Waals surface area contributed by atoms with Crippen LogP contribution in [0, 0.1) is 0 Å². The van der Waals surface area contributed by atoms with Gasteiger partial charge >= 0.3 is 0 Å². The minimum atomic E-state index is -0.786. The molecule has 0 aliphatic rings. The van der Waals surface area contributed by atoms with Gasteiger partial charge in [-0.2, -0.15) is 0 Å². The first kappa shape index (κ1) is 14.6. The number of aromatic hydroxyl groups is 1. The molecule has 18 heavy (non-hydrogen) atoms. The van der Waals surface area contributed by atoms with Crippen LogP contribution in [-0.2, 0) is 6.54 Å². The highest BCUT2D eigenvalue weighted by Gasteiger charge is 2.11. The van der Waals surface area contributed by atoms with Crippen molar-refractivity contribution in [1.29, 1.82) is 0 Å². The maximum Gasteiger partial charge on any atom is 0.200 e. The van der Waals surface area contributed by atoms with E-state index >= 15 is 0 Å². The average molecular weight is 257 g/mol. The third kappa shape index (κ3) is 3.76. The zero-order chi connectivity index (χ0) is 13.5. The fourth-order valence-electron chi connectivity index (χ4n) is 1.50. The number of hydrogen-bond acceptors (Lipinski definition) is 6. The van der Waals surface area contributed by atoms with E-state index in [1.807, 2.05) is 0 Å². The Morgan fingerprint density at radius 3 is 2.22 bits per heavy atom. The summed E-state index contributed by atoms with van der Waals surface area (Å²) in [5.74, 6) is 0.613. The molecule has 0 heterocycles. The molecule has 0 aromatic heterocycles. The van der Waals surface area contributed by atoms with Crippen LogP contribution in [0.15, 0.2) is 12.1 Å². The molecule has 1 rings (SSSR count). The lowest BCUT2D eigenvalue weighted by Gasteiger charge is -2.13. The van der Waals surface area contributed by atoms with Crippen molar-refractivity contribution in [3.8, 4) is 17.2 Å². The summed E-state index contributed by atoms with van der Waals surface area (Å²) >= 11 is 0. The van der Waals surface area contributed by atoms with E-state index in [-0.39, 0.29) is 18.9 Å². The summed E-state index contributed by atoms with van der Waals surface area (Å²) < 4.78 is 10.1. The molecule has 1 aromatic rings. The second kappa shape index (κ2) is 7.05. The van der Waals surface area contributed by atoms with Crippen LogP contribution in [0.2, 0.25) is 0 Å². The normalized spacial score (nSPS) is 12.2. The summed E-state index contributed by atoms with van der Waals surface area (Å²) in [6.07, 6.45) is -0.786. The molecule has 1 atom stereocenters. The molecule has 1 unspecified atom stereocenters. The first-order valence-corrected chi connectivity index (χ1v) is 5.55. The maximum absolute atomic E-state index is 9.72. The first-order chi connectivity index (χ1) is 8.62. The van der Waals surface area contributed by atoms with Gasteiger partial charge in [0.1, 0.15) is 0 Å². The summed E-state index contributed by atoms with van der Waals surface area (Å²) in [6, 6.07) is 3.35. The highest BCUT2D eigenvalue weighted by atomic mass is 16.5. The van der Waals surface area contributed by atoms with Gasteiger partial charge in [0.15, 0.2) is 11.5 Å². The van der Waals surface area contributed by atoms with E-state index in [1.165, 1.54) is 14.2 Å². The van der Waals surface area contributed by atoms with E-state index in [4.69, 9.17) is 14.6 Å². The van der Waals surface area contributed by atoms with Gasteiger partial charge in [0.05, 0.1) is 26.9 Å². The van der Waals surface area contributed by atoms with E-state index in [0.29, 0.717) is 18.0 Å². The van der Waals surface area contributed by atoms with Gasteiger partial charge < -0.3 is 30.1 Å². The smallest absolute Gasteiger partial charge is 0.200 e. The summed E-state index contributed by atoms with van der Waals surface area (Å²) in [5, 5.41) is 30.5. The molecular weight excluding hydrogens is 238 g/mol. The number of aliphatic hydroxyl groups excluding tert-OH is 2. The summed E-state index contributed by atoms with van der Waals surface area (Å²) in [5.41, 5.74) is 0.839. The number of methoxy groups -OCH3 is 2. The summed E-state index contributed by atoms with van der Waals surface area (Å²) in [7, 11) is 2.92. The Labute approximate surface area is 106 Å². The number of benzene rings is 1. The third-order valence-corrected chi connectivity index (χ3v) is 2.46. The Bertz CT molecular complexity index is 358. The summed E-state index contributed by atoms with van der Waals surface area (Å²) in [6.45, 7) is 0.460. The van der Waals surface area contributed by atoms with Crippen LogP contribution in [-0.4, -0.2) is 48.8 Å². The second-order valence-corrected chi connectivity index (χ2v) is 3.82. The van der Waals surface area contributed by atoms with E-state index in [2.05, 4.69) is 5.32 Å². The maximum atomic E-state index is 9.72. The van der Waals surface area contributed by atoms with Crippen LogP contribution < -0.4 is 14.8 Å². The van der Waals surface area contributed by atoms with Gasteiger partial charge in [-0.1, -0.05) is 0 Å². The molecule has 102 valence electrons. The van der Waals surface area contributed by atoms with E-state index in [1.54, 1.807) is 12.1 Å². The Morgan fingerprint density at radius 2 is 1.78 bits per heavy atom. The van der Waals surface area contributed by atoms with Crippen LogP contribution in [0.1, 0.15) is 5.56 Å². The number of hydrogen-bond donors (Lipinski definition) is 4. The predicted molar refractivity (Wildman–Crippen MR) is 66.0 cm³/mol. The minimum Gasteiger partial charge on any atom is -0.502 e. The fourth-order valence-corrected chi connectivity index (χ4v) is 1.50. The molecule has 0 amide bonds. The molecule has 0 saturated carbocycles. The largest absolute Gasteiger partial charge is 0.502 e. The van der Waals surface area contributed by atoms with Crippen LogP contribution in [0.3, 0.4) is 0 Å². The Balaban J connectivity index is 2.71. The van der Waals surface area contributed by atoms with Crippen LogP contribution in [0.25, 0.3) is 0 Å². The first-order valence-electron chi connectivity index (χ1n) is 5.55. The lowest BCUT2D eigenvalue weighted by Crippen LogP contribution is -2.28. The molecule has 0 radical (unpaired) electrons. The number of ether oxygens (including phenoxy) is 2. The molecule has 0 fully saturated rings. The van der Waals surface area contributed by atoms with Crippen molar-refractivity contribution in [2.45, 2.75) is 12.6 Å². The van der Waals surface area contributed by atoms with Crippen LogP contribution >= 0.6 is 0 Å². The number of rotatable bonds is 7. The topological polar surface area (TPSA) is 91.2 Å². The van der Waals surface area contributed by atoms with Gasteiger partial charge in [-0.05, 0) is 17.7 Å². The third-order valence-electron chi connectivity index (χ3n) is 2.46. The van der Waals surface area contributed by atoms with Crippen molar-refractivity contribution >= 4 is 0 Å². The van der Waals surface area contributed by atoms with Gasteiger partial charge in [0, 0.05) is 13.1 Å². The second-order valence-electron chi connectivity index (χ2n) is 3.82. The lowest BCUT2D eigenvalue weighted by atomic mass is 10.1. The zero-order valence-electron chi connectivity index (χ0n) is 10.5. The van der Waals surface area contributed by atoms with Gasteiger partial charge in [-0.15, -0.1) is 0 Å². The highest BCUT2D eigenvalue weighted by molar-refractivity contribution is 5.52. The predicted octanol–water partition coefficient (Wildman–Crippen LogP) is -0.148. The standard InChI is InChI=1S/C12H19NO5/c1-17-10-3-8(4-11(18-2)12(10)16)5-13-6-9(15)7-14/h3-4,9,13-16H,5-7H2,1-2H3. The van der Waals surface area contributed by atoms with Crippen molar-refractivity contribution in [3.05, 3.63) is 17.7 Å². The molecule has 1 aromatic carbocycles. The number of phenolic OH excluding ortho intramolecular Hbond substituents is 1. The van der Waals surface area contributed by atoms with E-state index in [9.17, 15) is 10.2 Å². The molecule has 0 saturated heterocycles. The monoisotopic (exact) mass is 257 g/mol. The molecule has 6 nitrogen and oxygen atoms in total. The molecule has 0 aliphatic carbocycles. The van der Waals surface area contributed by atoms with Crippen molar-refractivity contribution < 1.29 is 24.8 Å². The number of phenols is 1. The lowest BCUT2D eigenvalue weighted by molar-refractivity contribution is 0.0942. The highest BCUT2D eigenvalue weighted by Crippen LogP contribution is 2.36. The Kier molecular flexibility index (Phi) is 5.70. The minimum absolute atomic E-state index is 0.0425. The van der Waals surface area contributed by atoms with Gasteiger partial charge in [0.25, 0.3) is 0 Å². The molecule has 0 bridgehead atoms. The van der Waals surface area contributed by atoms with E-state index in [0.717, 1.165) is 5.56 Å². The van der Waals surface area contributed by atoms with Gasteiger partial charge in [-0.3, -0.25) is 0 Å². The molecule has 0 spiro atoms. The summed E-state index contributed by atoms with van der Waals surface area (Å²) in [4.78, 5) is 0. The van der Waals surface area contributed by atoms with Crippen LogP contribution in [0.4, 0.5) is 0 Å². The van der Waals surface area contributed by atoms with Crippen molar-refractivity contribution in [3.63, 3.8) is 0 Å². The molecule has 4 N–H and O–H groups in total. The Morgan fingerprint density at radius 1 is 1.22 bits per heavy atom. The average Bonchev–Trinajstić information content (AvgIpc) is 2.39. The Hall–Kier alpha value is -1.50. The van der Waals surface area contributed by atoms with Crippen molar-refractivity contribution in [1.82, 2.24) is 5.32 Å². The number of nitrogens with one attached hydrogen (secondary N) is 1. The van der Waals surface area contributed by atoms with Crippen molar-refractivity contribution in [2.24, 2.45) is 0 Å². The molecular formula is C12H19NO5. The van der Waals surface area contributed by atoms with Gasteiger partial charge in [0.2, 0.25) is 5.75 Å². The molecule has 6 heteroatoms. The molecule has 0 aliphatic heterocycles. The van der Waals surface area contributed by atoms with E-state index < -0.39 is 6.10 Å². The van der Waals surface area contributed by atoms with Crippen LogP contribution in [0.5, 0.6) is 17.2 Å². The SMILES string of the molecule is COc1cc(CNCC(O)CO)cc(OC)c1O.